The van der Waals surface area contributed by atoms with Crippen LogP contribution in [0.1, 0.15) is 34.6 Å². The topological polar surface area (TPSA) is 75.7 Å². The standard InChI is InChI=1S/C24H25N5O2/c1-17-26-21(16-28(17)14-18-6-4-9-25-13-18)23-12-20(22-8-2-3-11-29(22)23)24(31)27-10-5-7-19(30)15-27/h2-4,6,8-9,11-13,16,19,30H,5,7,10,14-15H2,1H3/t19-/m1/s1. The first kappa shape index (κ1) is 19.5. The van der Waals surface area contributed by atoms with Gasteiger partial charge in [-0.25, -0.2) is 4.98 Å². The van der Waals surface area contributed by atoms with E-state index in [-0.39, 0.29) is 5.91 Å². The van der Waals surface area contributed by atoms with Gasteiger partial charge in [0, 0.05) is 37.9 Å². The molecule has 0 radical (unpaired) electrons. The lowest BCUT2D eigenvalue weighted by atomic mass is 10.1. The number of likely N-dealkylation sites (tertiary alicyclic amines) is 1. The number of aliphatic hydroxyl groups excluding tert-OH is 1. The van der Waals surface area contributed by atoms with Gasteiger partial charge in [0.15, 0.2) is 0 Å². The smallest absolute Gasteiger partial charge is 0.256 e. The average Bonchev–Trinajstić information content (AvgIpc) is 3.35. The van der Waals surface area contributed by atoms with Crippen molar-refractivity contribution in [2.45, 2.75) is 32.4 Å². The van der Waals surface area contributed by atoms with Gasteiger partial charge >= 0.3 is 0 Å². The maximum atomic E-state index is 13.3. The van der Waals surface area contributed by atoms with Gasteiger partial charge in [-0.05, 0) is 49.6 Å². The quantitative estimate of drug-likeness (QED) is 0.556. The molecule has 0 bridgehead atoms. The van der Waals surface area contributed by atoms with Crippen molar-refractivity contribution in [3.05, 3.63) is 78.1 Å². The van der Waals surface area contributed by atoms with Crippen molar-refractivity contribution < 1.29 is 9.90 Å². The molecule has 0 aliphatic carbocycles. The van der Waals surface area contributed by atoms with Crippen molar-refractivity contribution in [1.82, 2.24) is 23.8 Å². The van der Waals surface area contributed by atoms with Gasteiger partial charge in [0.2, 0.25) is 0 Å². The first-order valence-electron chi connectivity index (χ1n) is 10.6. The molecule has 1 amide bonds. The minimum Gasteiger partial charge on any atom is -0.391 e. The van der Waals surface area contributed by atoms with Crippen molar-refractivity contribution in [1.29, 1.82) is 0 Å². The fraction of sp³-hybridized carbons (Fsp3) is 0.292. The summed E-state index contributed by atoms with van der Waals surface area (Å²) in [6.45, 7) is 3.73. The predicted molar refractivity (Wildman–Crippen MR) is 118 cm³/mol. The van der Waals surface area contributed by atoms with Crippen LogP contribution in [0.3, 0.4) is 0 Å². The number of amides is 1. The molecule has 31 heavy (non-hydrogen) atoms. The van der Waals surface area contributed by atoms with Gasteiger partial charge in [0.05, 0.1) is 29.4 Å². The van der Waals surface area contributed by atoms with E-state index in [0.717, 1.165) is 41.1 Å². The monoisotopic (exact) mass is 415 g/mol. The van der Waals surface area contributed by atoms with Crippen LogP contribution in [0.5, 0.6) is 0 Å². The lowest BCUT2D eigenvalue weighted by Gasteiger charge is -2.30. The molecule has 0 unspecified atom stereocenters. The maximum Gasteiger partial charge on any atom is 0.256 e. The van der Waals surface area contributed by atoms with E-state index in [1.807, 2.05) is 66.3 Å². The van der Waals surface area contributed by atoms with Crippen molar-refractivity contribution >= 4 is 11.4 Å². The molecule has 7 heteroatoms. The van der Waals surface area contributed by atoms with Crippen LogP contribution < -0.4 is 0 Å². The third-order valence-corrected chi connectivity index (χ3v) is 5.90. The number of hydrogen-bond acceptors (Lipinski definition) is 4. The van der Waals surface area contributed by atoms with Crippen LogP contribution in [0.25, 0.3) is 16.9 Å². The lowest BCUT2D eigenvalue weighted by Crippen LogP contribution is -2.42. The Morgan fingerprint density at radius 2 is 2.16 bits per heavy atom. The van der Waals surface area contributed by atoms with Crippen LogP contribution in [0, 0.1) is 6.92 Å². The van der Waals surface area contributed by atoms with Gasteiger partial charge in [0.1, 0.15) is 11.5 Å². The van der Waals surface area contributed by atoms with Gasteiger partial charge in [0.25, 0.3) is 5.91 Å². The zero-order chi connectivity index (χ0) is 21.4. The number of rotatable bonds is 4. The zero-order valence-corrected chi connectivity index (χ0v) is 17.5. The normalized spacial score (nSPS) is 16.7. The number of hydrogen-bond donors (Lipinski definition) is 1. The maximum absolute atomic E-state index is 13.3. The molecule has 1 atom stereocenters. The largest absolute Gasteiger partial charge is 0.391 e. The van der Waals surface area contributed by atoms with Gasteiger partial charge in [-0.15, -0.1) is 0 Å². The minimum atomic E-state index is -0.447. The number of aryl methyl sites for hydroxylation is 1. The minimum absolute atomic E-state index is 0.0415. The third-order valence-electron chi connectivity index (χ3n) is 5.90. The molecule has 0 aromatic carbocycles. The highest BCUT2D eigenvalue weighted by molar-refractivity contribution is 6.02. The molecule has 5 heterocycles. The Hall–Kier alpha value is -3.45. The molecule has 1 aliphatic rings. The molecule has 4 aromatic rings. The molecular weight excluding hydrogens is 390 g/mol. The van der Waals surface area contributed by atoms with Crippen LogP contribution in [-0.2, 0) is 6.54 Å². The Morgan fingerprint density at radius 3 is 2.97 bits per heavy atom. The summed E-state index contributed by atoms with van der Waals surface area (Å²) < 4.78 is 4.11. The highest BCUT2D eigenvalue weighted by Gasteiger charge is 2.26. The number of β-amino-alcohol motifs (C(OH)–C–C–N with tert-alkyl or cyclic N) is 1. The molecule has 0 saturated carbocycles. The molecule has 0 spiro atoms. The number of aliphatic hydroxyl groups is 1. The fourth-order valence-corrected chi connectivity index (χ4v) is 4.31. The molecule has 1 saturated heterocycles. The summed E-state index contributed by atoms with van der Waals surface area (Å²) in [6, 6.07) is 11.7. The summed E-state index contributed by atoms with van der Waals surface area (Å²) >= 11 is 0. The van der Waals surface area contributed by atoms with Crippen molar-refractivity contribution in [3.8, 4) is 11.4 Å². The van der Waals surface area contributed by atoms with Crippen LogP contribution in [0.15, 0.2) is 61.2 Å². The van der Waals surface area contributed by atoms with Crippen molar-refractivity contribution in [2.24, 2.45) is 0 Å². The number of fused-ring (bicyclic) bond motifs is 1. The van der Waals surface area contributed by atoms with Crippen molar-refractivity contribution in [3.63, 3.8) is 0 Å². The molecule has 7 nitrogen and oxygen atoms in total. The molecule has 1 fully saturated rings. The fourth-order valence-electron chi connectivity index (χ4n) is 4.31. The summed E-state index contributed by atoms with van der Waals surface area (Å²) in [7, 11) is 0. The third kappa shape index (κ3) is 3.72. The van der Waals surface area contributed by atoms with Crippen LogP contribution in [0.2, 0.25) is 0 Å². The van der Waals surface area contributed by atoms with E-state index in [1.54, 1.807) is 11.1 Å². The van der Waals surface area contributed by atoms with E-state index in [2.05, 4.69) is 9.55 Å². The average molecular weight is 415 g/mol. The summed E-state index contributed by atoms with van der Waals surface area (Å²) in [6.07, 6.45) is 8.73. The number of carbonyl (C=O) groups excluding carboxylic acids is 1. The number of piperidine rings is 1. The number of nitrogens with zero attached hydrogens (tertiary/aromatic N) is 5. The van der Waals surface area contributed by atoms with E-state index >= 15 is 0 Å². The van der Waals surface area contributed by atoms with E-state index < -0.39 is 6.10 Å². The first-order valence-corrected chi connectivity index (χ1v) is 10.6. The summed E-state index contributed by atoms with van der Waals surface area (Å²) in [4.78, 5) is 24.0. The second-order valence-electron chi connectivity index (χ2n) is 8.11. The highest BCUT2D eigenvalue weighted by atomic mass is 16.3. The Kier molecular flexibility index (Phi) is 5.03. The second-order valence-corrected chi connectivity index (χ2v) is 8.11. The van der Waals surface area contributed by atoms with E-state index in [9.17, 15) is 9.90 Å². The van der Waals surface area contributed by atoms with E-state index in [1.165, 1.54) is 0 Å². The lowest BCUT2D eigenvalue weighted by molar-refractivity contribution is 0.0475. The zero-order valence-electron chi connectivity index (χ0n) is 17.5. The van der Waals surface area contributed by atoms with Crippen LogP contribution in [0.4, 0.5) is 0 Å². The predicted octanol–water partition coefficient (Wildman–Crippen LogP) is 3.15. The Bertz CT molecular complexity index is 1230. The van der Waals surface area contributed by atoms with Gasteiger partial charge in [-0.2, -0.15) is 0 Å². The summed E-state index contributed by atoms with van der Waals surface area (Å²) in [5.41, 5.74) is 4.30. The molecule has 4 aromatic heterocycles. The molecule has 1 aliphatic heterocycles. The number of imidazole rings is 1. The van der Waals surface area contributed by atoms with Crippen LogP contribution in [-0.4, -0.2) is 54.0 Å². The van der Waals surface area contributed by atoms with Gasteiger partial charge < -0.3 is 19.0 Å². The highest BCUT2D eigenvalue weighted by Crippen LogP contribution is 2.28. The Labute approximate surface area is 180 Å². The first-order chi connectivity index (χ1) is 15.1. The van der Waals surface area contributed by atoms with E-state index in [4.69, 9.17) is 4.98 Å². The second kappa shape index (κ2) is 8.00. The SMILES string of the molecule is Cc1nc(-c2cc(C(=O)N3CCC[C@@H](O)C3)c3ccccn23)cn1Cc1cccnc1. The van der Waals surface area contributed by atoms with E-state index in [0.29, 0.717) is 25.2 Å². The molecular formula is C24H25N5O2. The Morgan fingerprint density at radius 1 is 1.26 bits per heavy atom. The summed E-state index contributed by atoms with van der Waals surface area (Å²) in [5.74, 6) is 0.858. The van der Waals surface area contributed by atoms with Crippen LogP contribution >= 0.6 is 0 Å². The summed E-state index contributed by atoms with van der Waals surface area (Å²) in [5, 5.41) is 10.0. The molecule has 1 N–H and O–H groups in total. The Balaban J connectivity index is 1.53. The molecule has 158 valence electrons. The molecule has 5 rings (SSSR count). The number of aromatic nitrogens is 4. The van der Waals surface area contributed by atoms with Gasteiger partial charge in [-0.3, -0.25) is 9.78 Å². The van der Waals surface area contributed by atoms with Gasteiger partial charge in [-0.1, -0.05) is 12.1 Å². The number of carbonyl (C=O) groups is 1. The van der Waals surface area contributed by atoms with Crippen molar-refractivity contribution in [2.75, 3.05) is 13.1 Å². The number of pyridine rings is 2.